The van der Waals surface area contributed by atoms with Crippen molar-refractivity contribution in [3.8, 4) is 39.1 Å². The third-order valence-electron chi connectivity index (χ3n) is 11.3. The van der Waals surface area contributed by atoms with E-state index >= 15 is 0 Å². The van der Waals surface area contributed by atoms with Crippen molar-refractivity contribution in [2.75, 3.05) is 0 Å². The van der Waals surface area contributed by atoms with Crippen LogP contribution in [0.1, 0.15) is 17.0 Å². The zero-order valence-corrected chi connectivity index (χ0v) is 28.9. The molecule has 2 nitrogen and oxygen atoms in total. The molecule has 9 aromatic rings. The number of fused-ring (bicyclic) bond motifs is 7. The molecule has 0 amide bonds. The van der Waals surface area contributed by atoms with Gasteiger partial charge < -0.3 is 4.74 Å². The van der Waals surface area contributed by atoms with Crippen LogP contribution in [0.4, 0.5) is 0 Å². The van der Waals surface area contributed by atoms with Crippen molar-refractivity contribution in [3.63, 3.8) is 0 Å². The summed E-state index contributed by atoms with van der Waals surface area (Å²) in [5.74, 6) is 0.949. The fourth-order valence-electron chi connectivity index (χ4n) is 9.25. The summed E-state index contributed by atoms with van der Waals surface area (Å²) in [5, 5.41) is 9.92. The Morgan fingerprint density at radius 1 is 0.434 bits per heavy atom. The third-order valence-corrected chi connectivity index (χ3v) is 11.3. The van der Waals surface area contributed by atoms with E-state index < -0.39 is 0 Å². The lowest BCUT2D eigenvalue weighted by Gasteiger charge is -2.27. The average molecular weight is 676 g/mol. The second-order valence-corrected chi connectivity index (χ2v) is 14.1. The van der Waals surface area contributed by atoms with E-state index in [0.29, 0.717) is 0 Å². The highest BCUT2D eigenvalue weighted by atomic mass is 16.5. The van der Waals surface area contributed by atoms with E-state index in [1.807, 2.05) is 18.5 Å². The number of nitrogens with zero attached hydrogens (tertiary/aromatic N) is 1. The number of rotatable bonds is 4. The van der Waals surface area contributed by atoms with Gasteiger partial charge in [-0.05, 0) is 100 Å². The van der Waals surface area contributed by atoms with Crippen molar-refractivity contribution in [1.29, 1.82) is 0 Å². The standard InChI is InChI=1S/C51H33NO/c1-2-15-32(16-3-1)46-34-18-4-8-22-38(34)48(39-23-9-5-19-35(39)46)42-26-12-28-44-50(42)51-43(27-13-29-45(51)53-44)49-40-24-10-6-20-36(40)47(33-17-14-30-52-31-33)37-21-7-11-25-41(37)49/h1-31,44,50H. The van der Waals surface area contributed by atoms with Gasteiger partial charge in [0.25, 0.3) is 0 Å². The Morgan fingerprint density at radius 2 is 0.943 bits per heavy atom. The first kappa shape index (κ1) is 29.9. The highest BCUT2D eigenvalue weighted by Crippen LogP contribution is 2.56. The van der Waals surface area contributed by atoms with Gasteiger partial charge in [-0.25, -0.2) is 0 Å². The maximum atomic E-state index is 6.92. The summed E-state index contributed by atoms with van der Waals surface area (Å²) in [4.78, 5) is 4.52. The van der Waals surface area contributed by atoms with Crippen LogP contribution < -0.4 is 4.74 Å². The van der Waals surface area contributed by atoms with Crippen molar-refractivity contribution in [3.05, 3.63) is 199 Å². The summed E-state index contributed by atoms with van der Waals surface area (Å²) in [5.41, 5.74) is 11.1. The molecule has 0 spiro atoms. The Labute approximate surface area is 308 Å². The number of benzene rings is 8. The van der Waals surface area contributed by atoms with Gasteiger partial charge in [0.15, 0.2) is 0 Å². The molecule has 0 N–H and O–H groups in total. The second-order valence-electron chi connectivity index (χ2n) is 14.1. The summed E-state index contributed by atoms with van der Waals surface area (Å²) in [6.45, 7) is 0. The highest BCUT2D eigenvalue weighted by molar-refractivity contribution is 6.23. The van der Waals surface area contributed by atoms with Crippen molar-refractivity contribution in [2.24, 2.45) is 0 Å². The smallest absolute Gasteiger partial charge is 0.128 e. The third kappa shape index (κ3) is 4.49. The minimum absolute atomic E-state index is 0.00360. The maximum Gasteiger partial charge on any atom is 0.128 e. The Bertz CT molecular complexity index is 2860. The summed E-state index contributed by atoms with van der Waals surface area (Å²) < 4.78 is 6.92. The first-order valence-electron chi connectivity index (χ1n) is 18.4. The Balaban J connectivity index is 1.20. The lowest BCUT2D eigenvalue weighted by Crippen LogP contribution is -2.20. The van der Waals surface area contributed by atoms with Gasteiger partial charge in [0, 0.05) is 23.5 Å². The molecule has 2 heterocycles. The molecule has 2 atom stereocenters. The molecule has 1 aliphatic carbocycles. The molecule has 0 fully saturated rings. The van der Waals surface area contributed by atoms with E-state index in [9.17, 15) is 0 Å². The molecule has 2 aliphatic rings. The van der Waals surface area contributed by atoms with Crippen LogP contribution in [0.5, 0.6) is 5.75 Å². The highest BCUT2D eigenvalue weighted by Gasteiger charge is 2.40. The van der Waals surface area contributed by atoms with Gasteiger partial charge in [-0.2, -0.15) is 0 Å². The summed E-state index contributed by atoms with van der Waals surface area (Å²) in [6.07, 6.45) is 10.5. The number of hydrogen-bond donors (Lipinski definition) is 0. The van der Waals surface area contributed by atoms with E-state index in [-0.39, 0.29) is 12.0 Å². The molecule has 1 aliphatic heterocycles. The van der Waals surface area contributed by atoms with Crippen LogP contribution >= 0.6 is 0 Å². The summed E-state index contributed by atoms with van der Waals surface area (Å²) in [6, 6.07) is 57.3. The average Bonchev–Trinajstić information content (AvgIpc) is 3.62. The monoisotopic (exact) mass is 675 g/mol. The van der Waals surface area contributed by atoms with E-state index in [4.69, 9.17) is 4.74 Å². The lowest BCUT2D eigenvalue weighted by atomic mass is 9.74. The Kier molecular flexibility index (Phi) is 6.72. The largest absolute Gasteiger partial charge is 0.485 e. The first-order valence-corrected chi connectivity index (χ1v) is 18.4. The number of allylic oxidation sites excluding steroid dienone is 2. The Morgan fingerprint density at radius 3 is 1.51 bits per heavy atom. The van der Waals surface area contributed by atoms with Crippen LogP contribution in [-0.4, -0.2) is 11.1 Å². The minimum atomic E-state index is -0.121. The molecule has 0 saturated heterocycles. The normalized spacial score (nSPS) is 16.1. The van der Waals surface area contributed by atoms with Gasteiger partial charge in [-0.3, -0.25) is 4.98 Å². The molecule has 8 aromatic carbocycles. The predicted molar refractivity (Wildman–Crippen MR) is 221 cm³/mol. The number of hydrogen-bond acceptors (Lipinski definition) is 2. The zero-order valence-electron chi connectivity index (χ0n) is 28.9. The molecule has 0 bridgehead atoms. The van der Waals surface area contributed by atoms with Crippen molar-refractivity contribution < 1.29 is 4.74 Å². The number of ether oxygens (including phenoxy) is 1. The maximum absolute atomic E-state index is 6.92. The minimum Gasteiger partial charge on any atom is -0.485 e. The lowest BCUT2D eigenvalue weighted by molar-refractivity contribution is 0.272. The van der Waals surface area contributed by atoms with Gasteiger partial charge >= 0.3 is 0 Å². The fraction of sp³-hybridized carbons (Fsp3) is 0.0392. The molecule has 11 rings (SSSR count). The molecule has 0 saturated carbocycles. The molecule has 248 valence electrons. The van der Waals surface area contributed by atoms with E-state index in [0.717, 1.165) is 11.3 Å². The van der Waals surface area contributed by atoms with Gasteiger partial charge in [0.05, 0.1) is 5.92 Å². The van der Waals surface area contributed by atoms with Crippen LogP contribution in [0.2, 0.25) is 0 Å². The fourth-order valence-corrected chi connectivity index (χ4v) is 9.25. The van der Waals surface area contributed by atoms with E-state index in [1.54, 1.807) is 0 Å². The van der Waals surface area contributed by atoms with Gasteiger partial charge in [0.1, 0.15) is 11.9 Å². The molecular weight excluding hydrogens is 643 g/mol. The van der Waals surface area contributed by atoms with Crippen molar-refractivity contribution >= 4 is 48.7 Å². The molecule has 1 aromatic heterocycles. The molecule has 53 heavy (non-hydrogen) atoms. The zero-order chi connectivity index (χ0) is 34.9. The molecular formula is C51H33NO. The van der Waals surface area contributed by atoms with Crippen LogP contribution in [0.3, 0.4) is 0 Å². The van der Waals surface area contributed by atoms with Gasteiger partial charge in [-0.15, -0.1) is 0 Å². The van der Waals surface area contributed by atoms with Crippen molar-refractivity contribution in [1.82, 2.24) is 4.98 Å². The van der Waals surface area contributed by atoms with Crippen LogP contribution in [0.15, 0.2) is 188 Å². The molecule has 2 unspecified atom stereocenters. The van der Waals surface area contributed by atoms with Crippen LogP contribution in [0.25, 0.3) is 82.0 Å². The summed E-state index contributed by atoms with van der Waals surface area (Å²) in [7, 11) is 0. The van der Waals surface area contributed by atoms with Gasteiger partial charge in [-0.1, -0.05) is 158 Å². The van der Waals surface area contributed by atoms with E-state index in [2.05, 4.69) is 175 Å². The first-order chi connectivity index (χ1) is 26.3. The second kappa shape index (κ2) is 11.9. The predicted octanol–water partition coefficient (Wildman–Crippen LogP) is 13.2. The summed E-state index contributed by atoms with van der Waals surface area (Å²) >= 11 is 0. The van der Waals surface area contributed by atoms with Crippen LogP contribution in [0, 0.1) is 0 Å². The molecule has 2 heteroatoms. The SMILES string of the molecule is C1=CC2Oc3cccc(-c4c5ccccc5c(-c5cccnc5)c5ccccc45)c3C2C(c2c3ccccc3c(-c3ccccc3)c3ccccc23)=C1. The van der Waals surface area contributed by atoms with Crippen molar-refractivity contribution in [2.45, 2.75) is 12.0 Å². The topological polar surface area (TPSA) is 22.1 Å². The number of pyridine rings is 1. The van der Waals surface area contributed by atoms with Crippen LogP contribution in [-0.2, 0) is 0 Å². The van der Waals surface area contributed by atoms with E-state index in [1.165, 1.54) is 87.6 Å². The number of aromatic nitrogens is 1. The Hall–Kier alpha value is -6.77. The van der Waals surface area contributed by atoms with Gasteiger partial charge in [0.2, 0.25) is 0 Å². The molecule has 0 radical (unpaired) electrons. The quantitative estimate of drug-likeness (QED) is 0.173.